The van der Waals surface area contributed by atoms with E-state index < -0.39 is 11.6 Å². The van der Waals surface area contributed by atoms with Crippen LogP contribution >= 0.6 is 0 Å². The molecule has 0 radical (unpaired) electrons. The number of carbonyl (C=O) groups excluding carboxylic acids is 2. The third kappa shape index (κ3) is 5.15. The van der Waals surface area contributed by atoms with Crippen LogP contribution in [0.5, 0.6) is 5.75 Å². The Kier molecular flexibility index (Phi) is 6.58. The first kappa shape index (κ1) is 22.8. The van der Waals surface area contributed by atoms with Crippen molar-refractivity contribution in [3.8, 4) is 5.75 Å². The molecule has 1 aromatic rings. The average molecular weight is 442 g/mol. The maximum atomic E-state index is 12.9. The highest BCUT2D eigenvalue weighted by atomic mass is 16.5. The number of hydrogen-bond donors (Lipinski definition) is 3. The van der Waals surface area contributed by atoms with Crippen LogP contribution in [-0.4, -0.2) is 52.2 Å². The molecule has 1 saturated heterocycles. The summed E-state index contributed by atoms with van der Waals surface area (Å²) in [6.45, 7) is 8.64. The molecule has 1 unspecified atom stereocenters. The van der Waals surface area contributed by atoms with E-state index in [9.17, 15) is 14.7 Å². The van der Waals surface area contributed by atoms with Crippen molar-refractivity contribution in [1.29, 1.82) is 0 Å². The first-order valence-corrected chi connectivity index (χ1v) is 11.8. The van der Waals surface area contributed by atoms with Crippen molar-refractivity contribution in [3.05, 3.63) is 41.6 Å². The van der Waals surface area contributed by atoms with E-state index in [1.165, 1.54) is 6.42 Å². The lowest BCUT2D eigenvalue weighted by molar-refractivity contribution is -0.126. The molecule has 0 spiro atoms. The summed E-state index contributed by atoms with van der Waals surface area (Å²) < 4.78 is 6.38. The third-order valence-electron chi connectivity index (χ3n) is 6.74. The Balaban J connectivity index is 1.41. The molecule has 1 aliphatic carbocycles. The number of nitrogens with one attached hydrogen (secondary N) is 2. The lowest BCUT2D eigenvalue weighted by Gasteiger charge is -2.33. The number of carbonyl (C=O) groups is 2. The zero-order valence-electron chi connectivity index (χ0n) is 19.2. The van der Waals surface area contributed by atoms with E-state index in [0.29, 0.717) is 37.1 Å². The number of hydrogen-bond acceptors (Lipinski definition) is 5. The van der Waals surface area contributed by atoms with Gasteiger partial charge in [0.05, 0.1) is 5.60 Å². The number of piperidine rings is 1. The number of ether oxygens (including phenoxy) is 1. The Hall–Kier alpha value is -2.38. The van der Waals surface area contributed by atoms with Gasteiger partial charge in [-0.1, -0.05) is 13.0 Å². The predicted octanol–water partition coefficient (Wildman–Crippen LogP) is 2.88. The number of rotatable bonds is 7. The zero-order valence-corrected chi connectivity index (χ0v) is 19.2. The van der Waals surface area contributed by atoms with E-state index in [0.717, 1.165) is 37.1 Å². The van der Waals surface area contributed by atoms with Gasteiger partial charge in [0.1, 0.15) is 17.9 Å². The Morgan fingerprint density at radius 3 is 2.78 bits per heavy atom. The van der Waals surface area contributed by atoms with Crippen molar-refractivity contribution in [2.45, 2.75) is 89.1 Å². The SMILES string of the molecule is C=C1CCC(N2Cc3cc(O[C@@H]4CCCC[C@@H]4NCCC(C)(C)O)ccc3C2=O)C(=O)N1. The van der Waals surface area contributed by atoms with E-state index in [4.69, 9.17) is 4.74 Å². The summed E-state index contributed by atoms with van der Waals surface area (Å²) in [6, 6.07) is 5.44. The van der Waals surface area contributed by atoms with Crippen molar-refractivity contribution in [2.24, 2.45) is 0 Å². The minimum atomic E-state index is -0.682. The monoisotopic (exact) mass is 441 g/mol. The number of aliphatic hydroxyl groups is 1. The van der Waals surface area contributed by atoms with Crippen molar-refractivity contribution in [3.63, 3.8) is 0 Å². The van der Waals surface area contributed by atoms with E-state index in [2.05, 4.69) is 17.2 Å². The van der Waals surface area contributed by atoms with Crippen LogP contribution in [0.4, 0.5) is 0 Å². The predicted molar refractivity (Wildman–Crippen MR) is 122 cm³/mol. The molecule has 3 N–H and O–H groups in total. The van der Waals surface area contributed by atoms with Crippen LogP contribution in [0.1, 0.15) is 74.7 Å². The molecule has 2 aliphatic heterocycles. The minimum absolute atomic E-state index is 0.0620. The fourth-order valence-electron chi connectivity index (χ4n) is 4.91. The topological polar surface area (TPSA) is 90.9 Å². The van der Waals surface area contributed by atoms with Gasteiger partial charge in [0.25, 0.3) is 5.91 Å². The molecule has 3 atom stereocenters. The molecular weight excluding hydrogens is 406 g/mol. The van der Waals surface area contributed by atoms with Gasteiger partial charge in [0.2, 0.25) is 5.91 Å². The summed E-state index contributed by atoms with van der Waals surface area (Å²) in [5.74, 6) is 0.519. The first-order chi connectivity index (χ1) is 15.2. The van der Waals surface area contributed by atoms with Crippen molar-refractivity contribution in [1.82, 2.24) is 15.5 Å². The maximum Gasteiger partial charge on any atom is 0.255 e. The van der Waals surface area contributed by atoms with Gasteiger partial charge in [-0.2, -0.15) is 0 Å². The van der Waals surface area contributed by atoms with Crippen LogP contribution < -0.4 is 15.4 Å². The highest BCUT2D eigenvalue weighted by Crippen LogP contribution is 2.32. The molecule has 2 amide bonds. The Labute approximate surface area is 190 Å². The highest BCUT2D eigenvalue weighted by molar-refractivity contribution is 6.01. The molecule has 2 heterocycles. The second-order valence-corrected chi connectivity index (χ2v) is 9.96. The molecule has 2 fully saturated rings. The fraction of sp³-hybridized carbons (Fsp3) is 0.600. The summed E-state index contributed by atoms with van der Waals surface area (Å²) in [6.07, 6.45) is 6.38. The second-order valence-electron chi connectivity index (χ2n) is 9.96. The van der Waals surface area contributed by atoms with Gasteiger partial charge in [-0.25, -0.2) is 0 Å². The van der Waals surface area contributed by atoms with Gasteiger partial charge in [-0.15, -0.1) is 0 Å². The van der Waals surface area contributed by atoms with E-state index in [1.54, 1.807) is 4.90 Å². The fourth-order valence-corrected chi connectivity index (χ4v) is 4.91. The Morgan fingerprint density at radius 1 is 1.25 bits per heavy atom. The molecule has 0 aromatic heterocycles. The highest BCUT2D eigenvalue weighted by Gasteiger charge is 2.38. The van der Waals surface area contributed by atoms with Gasteiger partial charge in [-0.05, 0) is 82.7 Å². The van der Waals surface area contributed by atoms with Crippen molar-refractivity contribution < 1.29 is 19.4 Å². The number of fused-ring (bicyclic) bond motifs is 1. The first-order valence-electron chi connectivity index (χ1n) is 11.8. The van der Waals surface area contributed by atoms with Crippen LogP contribution in [-0.2, 0) is 11.3 Å². The molecule has 7 nitrogen and oxygen atoms in total. The van der Waals surface area contributed by atoms with Gasteiger partial charge in [0, 0.05) is 23.8 Å². The summed E-state index contributed by atoms with van der Waals surface area (Å²) in [5.41, 5.74) is 1.59. The molecule has 4 rings (SSSR count). The summed E-state index contributed by atoms with van der Waals surface area (Å²) in [4.78, 5) is 27.0. The lowest BCUT2D eigenvalue weighted by Crippen LogP contribution is -2.49. The van der Waals surface area contributed by atoms with E-state index >= 15 is 0 Å². The van der Waals surface area contributed by atoms with Crippen molar-refractivity contribution >= 4 is 11.8 Å². The minimum Gasteiger partial charge on any atom is -0.489 e. The number of amides is 2. The smallest absolute Gasteiger partial charge is 0.255 e. The van der Waals surface area contributed by atoms with Crippen LogP contribution in [0.15, 0.2) is 30.5 Å². The molecule has 174 valence electrons. The summed E-state index contributed by atoms with van der Waals surface area (Å²) >= 11 is 0. The summed E-state index contributed by atoms with van der Waals surface area (Å²) in [5, 5.41) is 16.3. The van der Waals surface area contributed by atoms with E-state index in [-0.39, 0.29) is 24.0 Å². The van der Waals surface area contributed by atoms with Gasteiger partial charge in [0.15, 0.2) is 0 Å². The van der Waals surface area contributed by atoms with Crippen LogP contribution in [0.25, 0.3) is 0 Å². The average Bonchev–Trinajstić information content (AvgIpc) is 3.04. The maximum absolute atomic E-state index is 12.9. The molecule has 0 bridgehead atoms. The lowest BCUT2D eigenvalue weighted by atomic mass is 9.92. The standard InChI is InChI=1S/C25H35N3O4/c1-16-8-11-21(23(29)27-16)28-15-17-14-18(9-10-19(17)24(28)30)32-22-7-5-4-6-20(22)26-13-12-25(2,3)31/h9-10,14,20-22,26,31H,1,4-8,11-13,15H2,2-3H3,(H,27,29)/t20-,21?,22+/m0/s1. The third-order valence-corrected chi connectivity index (χ3v) is 6.74. The summed E-state index contributed by atoms with van der Waals surface area (Å²) in [7, 11) is 0. The Bertz CT molecular complexity index is 892. The molecular formula is C25H35N3O4. The number of allylic oxidation sites excluding steroid dienone is 1. The zero-order chi connectivity index (χ0) is 22.9. The van der Waals surface area contributed by atoms with Crippen LogP contribution in [0.2, 0.25) is 0 Å². The van der Waals surface area contributed by atoms with Crippen molar-refractivity contribution in [2.75, 3.05) is 6.54 Å². The van der Waals surface area contributed by atoms with Gasteiger partial charge in [-0.3, -0.25) is 9.59 Å². The van der Waals surface area contributed by atoms with Crippen LogP contribution in [0, 0.1) is 0 Å². The second kappa shape index (κ2) is 9.24. The van der Waals surface area contributed by atoms with Gasteiger partial charge >= 0.3 is 0 Å². The number of nitrogens with zero attached hydrogens (tertiary/aromatic N) is 1. The van der Waals surface area contributed by atoms with Crippen LogP contribution in [0.3, 0.4) is 0 Å². The quantitative estimate of drug-likeness (QED) is 0.605. The molecule has 32 heavy (non-hydrogen) atoms. The number of benzene rings is 1. The van der Waals surface area contributed by atoms with E-state index in [1.807, 2.05) is 32.0 Å². The van der Waals surface area contributed by atoms with Gasteiger partial charge < -0.3 is 25.4 Å². The Morgan fingerprint density at radius 2 is 2.03 bits per heavy atom. The molecule has 1 aromatic carbocycles. The molecule has 7 heteroatoms. The molecule has 3 aliphatic rings. The normalized spacial score (nSPS) is 26.2. The molecule has 1 saturated carbocycles. The largest absolute Gasteiger partial charge is 0.489 e.